The van der Waals surface area contributed by atoms with Gasteiger partial charge in [0, 0.05) is 37.7 Å². The van der Waals surface area contributed by atoms with Crippen LogP contribution in [-0.2, 0) is 11.2 Å². The molecule has 0 spiro atoms. The lowest BCUT2D eigenvalue weighted by molar-refractivity contribution is -0.121. The number of aryl methyl sites for hydroxylation is 1. The molecule has 0 fully saturated rings. The number of amides is 1. The summed E-state index contributed by atoms with van der Waals surface area (Å²) in [6, 6.07) is 14.9. The van der Waals surface area contributed by atoms with Crippen LogP contribution >= 0.6 is 0 Å². The summed E-state index contributed by atoms with van der Waals surface area (Å²) in [5, 5.41) is 5.98. The van der Waals surface area contributed by atoms with Gasteiger partial charge in [-0.1, -0.05) is 30.3 Å². The van der Waals surface area contributed by atoms with Gasteiger partial charge in [0.05, 0.1) is 23.0 Å². The Balaban J connectivity index is 1.55. The highest BCUT2D eigenvalue weighted by molar-refractivity contribution is 5.89. The van der Waals surface area contributed by atoms with Crippen LogP contribution in [0.2, 0.25) is 0 Å². The number of carbonyl (C=O) groups excluding carboxylic acids is 1. The Kier molecular flexibility index (Phi) is 5.88. The summed E-state index contributed by atoms with van der Waals surface area (Å²) in [7, 11) is 1.60. The molecule has 1 amide bonds. The topological polar surface area (TPSA) is 120 Å². The molecule has 35 heavy (non-hydrogen) atoms. The lowest BCUT2D eigenvalue weighted by atomic mass is 10.0. The van der Waals surface area contributed by atoms with Crippen LogP contribution in [0.5, 0.6) is 0 Å². The Hall–Kier alpha value is -4.66. The van der Waals surface area contributed by atoms with E-state index in [2.05, 4.69) is 25.6 Å². The molecule has 0 radical (unpaired) electrons. The zero-order chi connectivity index (χ0) is 24.4. The second-order valence-corrected chi connectivity index (χ2v) is 8.31. The number of hydrogen-bond acceptors (Lipinski definition) is 5. The van der Waals surface area contributed by atoms with Crippen LogP contribution in [0.3, 0.4) is 0 Å². The van der Waals surface area contributed by atoms with Crippen LogP contribution in [0.15, 0.2) is 78.2 Å². The second kappa shape index (κ2) is 9.30. The fourth-order valence-corrected chi connectivity index (χ4v) is 4.21. The largest absolute Gasteiger partial charge is 0.373 e. The van der Waals surface area contributed by atoms with Crippen molar-refractivity contribution in [1.82, 2.24) is 29.8 Å². The summed E-state index contributed by atoms with van der Waals surface area (Å²) in [6.45, 7) is 1.98. The molecule has 5 rings (SSSR count). The number of aromatic amines is 2. The first-order chi connectivity index (χ1) is 17.0. The van der Waals surface area contributed by atoms with Gasteiger partial charge in [-0.15, -0.1) is 0 Å². The fraction of sp³-hybridized carbons (Fsp3) is 0.154. The van der Waals surface area contributed by atoms with Crippen molar-refractivity contribution in [2.24, 2.45) is 0 Å². The number of imidazole rings is 2. The SMILES string of the molecule is CNC(=O)[C@H](Cc1ccccc1)Nc1cc[nH]c(=O)c1-c1nc2c(C)cc(-n3ccnc3)cc2[nH]1. The van der Waals surface area contributed by atoms with E-state index in [-0.39, 0.29) is 11.5 Å². The highest BCUT2D eigenvalue weighted by Gasteiger charge is 2.22. The number of benzene rings is 2. The van der Waals surface area contributed by atoms with Crippen LogP contribution in [0, 0.1) is 6.92 Å². The van der Waals surface area contributed by atoms with Crippen molar-refractivity contribution in [2.45, 2.75) is 19.4 Å². The minimum Gasteiger partial charge on any atom is -0.373 e. The molecule has 0 aliphatic rings. The van der Waals surface area contributed by atoms with E-state index >= 15 is 0 Å². The first-order valence-corrected chi connectivity index (χ1v) is 11.3. The van der Waals surface area contributed by atoms with E-state index in [0.717, 1.165) is 27.8 Å². The Morgan fingerprint density at radius 2 is 2.00 bits per heavy atom. The molecule has 0 bridgehead atoms. The van der Waals surface area contributed by atoms with Gasteiger partial charge in [-0.2, -0.15) is 0 Å². The van der Waals surface area contributed by atoms with Crippen molar-refractivity contribution in [3.05, 3.63) is 94.9 Å². The number of pyridine rings is 1. The van der Waals surface area contributed by atoms with Crippen molar-refractivity contribution >= 4 is 22.6 Å². The Bertz CT molecular complexity index is 1540. The lowest BCUT2D eigenvalue weighted by Gasteiger charge is -2.20. The molecule has 1 atom stereocenters. The number of H-pyrrole nitrogens is 2. The van der Waals surface area contributed by atoms with Gasteiger partial charge >= 0.3 is 0 Å². The van der Waals surface area contributed by atoms with E-state index in [0.29, 0.717) is 23.5 Å². The van der Waals surface area contributed by atoms with E-state index in [1.54, 1.807) is 31.8 Å². The minimum absolute atomic E-state index is 0.175. The van der Waals surface area contributed by atoms with Gasteiger partial charge in [0.25, 0.3) is 5.56 Å². The van der Waals surface area contributed by atoms with Crippen LogP contribution in [0.4, 0.5) is 5.69 Å². The Morgan fingerprint density at radius 1 is 1.17 bits per heavy atom. The molecular formula is C26H25N7O2. The lowest BCUT2D eigenvalue weighted by Crippen LogP contribution is -2.39. The third-order valence-corrected chi connectivity index (χ3v) is 5.94. The molecule has 9 nitrogen and oxygen atoms in total. The third-order valence-electron chi connectivity index (χ3n) is 5.94. The normalized spacial score (nSPS) is 11.9. The Morgan fingerprint density at radius 3 is 2.74 bits per heavy atom. The molecule has 3 heterocycles. The summed E-state index contributed by atoms with van der Waals surface area (Å²) in [5.41, 5.74) is 5.02. The van der Waals surface area contributed by atoms with E-state index in [9.17, 15) is 9.59 Å². The van der Waals surface area contributed by atoms with Gasteiger partial charge in [-0.05, 0) is 36.2 Å². The first-order valence-electron chi connectivity index (χ1n) is 11.3. The highest BCUT2D eigenvalue weighted by Crippen LogP contribution is 2.28. The van der Waals surface area contributed by atoms with Crippen LogP contribution in [-0.4, -0.2) is 43.5 Å². The molecule has 4 N–H and O–H groups in total. The molecule has 5 aromatic rings. The first kappa shape index (κ1) is 22.1. The number of nitrogens with one attached hydrogen (secondary N) is 4. The highest BCUT2D eigenvalue weighted by atomic mass is 16.2. The number of rotatable bonds is 7. The molecule has 0 saturated heterocycles. The van der Waals surface area contributed by atoms with Gasteiger partial charge in [0.1, 0.15) is 17.4 Å². The van der Waals surface area contributed by atoms with Gasteiger partial charge in [-0.25, -0.2) is 9.97 Å². The van der Waals surface area contributed by atoms with Gasteiger partial charge in [-0.3, -0.25) is 9.59 Å². The average molecular weight is 468 g/mol. The van der Waals surface area contributed by atoms with Gasteiger partial charge in [0.15, 0.2) is 0 Å². The molecule has 176 valence electrons. The van der Waals surface area contributed by atoms with E-state index in [1.807, 2.05) is 60.2 Å². The predicted octanol–water partition coefficient (Wildman–Crippen LogP) is 3.18. The number of aromatic nitrogens is 5. The summed E-state index contributed by atoms with van der Waals surface area (Å²) in [6.07, 6.45) is 7.33. The second-order valence-electron chi connectivity index (χ2n) is 8.31. The number of carbonyl (C=O) groups is 1. The van der Waals surface area contributed by atoms with Crippen molar-refractivity contribution in [3.63, 3.8) is 0 Å². The molecule has 3 aromatic heterocycles. The third kappa shape index (κ3) is 4.43. The minimum atomic E-state index is -0.582. The zero-order valence-electron chi connectivity index (χ0n) is 19.4. The maximum absolute atomic E-state index is 13.0. The van der Waals surface area contributed by atoms with Crippen molar-refractivity contribution in [2.75, 3.05) is 12.4 Å². The number of likely N-dealkylation sites (N-methyl/N-ethyl adjacent to an activating group) is 1. The van der Waals surface area contributed by atoms with Crippen LogP contribution < -0.4 is 16.2 Å². The average Bonchev–Trinajstić information content (AvgIpc) is 3.54. The summed E-state index contributed by atoms with van der Waals surface area (Å²) in [4.78, 5) is 40.5. The van der Waals surface area contributed by atoms with Crippen LogP contribution in [0.25, 0.3) is 28.1 Å². The standard InChI is InChI=1S/C26H25N7O2/c1-16-12-18(33-11-10-28-15-33)14-20-23(16)32-24(31-20)22-19(8-9-29-26(22)35)30-21(25(34)27-2)13-17-6-4-3-5-7-17/h3-12,14-15,21H,13H2,1-2H3,(H,27,34)(H,31,32)(H2,29,30,35)/t21-/m0/s1. The number of anilines is 1. The predicted molar refractivity (Wildman–Crippen MR) is 136 cm³/mol. The van der Waals surface area contributed by atoms with Crippen molar-refractivity contribution in [3.8, 4) is 17.1 Å². The maximum atomic E-state index is 13.0. The summed E-state index contributed by atoms with van der Waals surface area (Å²) >= 11 is 0. The number of nitrogens with zero attached hydrogens (tertiary/aromatic N) is 3. The molecule has 0 unspecified atom stereocenters. The number of fused-ring (bicyclic) bond motifs is 1. The maximum Gasteiger partial charge on any atom is 0.261 e. The zero-order valence-corrected chi connectivity index (χ0v) is 19.4. The molecule has 0 aliphatic heterocycles. The molecule has 9 heteroatoms. The van der Waals surface area contributed by atoms with Gasteiger partial charge < -0.3 is 25.2 Å². The molecular weight excluding hydrogens is 442 g/mol. The monoisotopic (exact) mass is 467 g/mol. The molecule has 0 saturated carbocycles. The summed E-state index contributed by atoms with van der Waals surface area (Å²) < 4.78 is 1.91. The van der Waals surface area contributed by atoms with E-state index < -0.39 is 6.04 Å². The molecule has 2 aromatic carbocycles. The van der Waals surface area contributed by atoms with E-state index in [4.69, 9.17) is 4.98 Å². The van der Waals surface area contributed by atoms with Crippen molar-refractivity contribution < 1.29 is 4.79 Å². The number of hydrogen-bond donors (Lipinski definition) is 4. The van der Waals surface area contributed by atoms with Gasteiger partial charge in [0.2, 0.25) is 5.91 Å². The molecule has 0 aliphatic carbocycles. The van der Waals surface area contributed by atoms with E-state index in [1.165, 1.54) is 0 Å². The smallest absolute Gasteiger partial charge is 0.261 e. The Labute approximate surface area is 201 Å². The summed E-state index contributed by atoms with van der Waals surface area (Å²) in [5.74, 6) is 0.246. The van der Waals surface area contributed by atoms with Crippen LogP contribution in [0.1, 0.15) is 11.1 Å². The quantitative estimate of drug-likeness (QED) is 0.293. The fourth-order valence-electron chi connectivity index (χ4n) is 4.21. The van der Waals surface area contributed by atoms with Crippen molar-refractivity contribution in [1.29, 1.82) is 0 Å².